The molecule has 0 spiro atoms. The summed E-state index contributed by atoms with van der Waals surface area (Å²) in [7, 11) is 0. The fourth-order valence-electron chi connectivity index (χ4n) is 4.43. The van der Waals surface area contributed by atoms with Crippen molar-refractivity contribution in [2.45, 2.75) is 51.9 Å². The lowest BCUT2D eigenvalue weighted by Crippen LogP contribution is -2.40. The van der Waals surface area contributed by atoms with Gasteiger partial charge in [-0.3, -0.25) is 19.4 Å². The fraction of sp³-hybridized carbons (Fsp3) is 0.480. The van der Waals surface area contributed by atoms with Gasteiger partial charge in [0.1, 0.15) is 5.82 Å². The van der Waals surface area contributed by atoms with E-state index in [1.165, 1.54) is 0 Å². The predicted octanol–water partition coefficient (Wildman–Crippen LogP) is 3.03. The molecule has 1 saturated heterocycles. The largest absolute Gasteiger partial charge is 0.462 e. The molecule has 2 aliphatic heterocycles. The van der Waals surface area contributed by atoms with Crippen LogP contribution in [0.2, 0.25) is 0 Å². The Morgan fingerprint density at radius 3 is 2.71 bits per heavy atom. The van der Waals surface area contributed by atoms with Gasteiger partial charge in [0.15, 0.2) is 0 Å². The summed E-state index contributed by atoms with van der Waals surface area (Å²) in [6.45, 7) is 6.05. The Labute approximate surface area is 203 Å². The number of ether oxygens (including phenoxy) is 1. The van der Waals surface area contributed by atoms with Crippen molar-refractivity contribution in [1.82, 2.24) is 9.97 Å². The number of H-pyrrole nitrogens is 1. The average molecular weight is 482 g/mol. The van der Waals surface area contributed by atoms with E-state index in [4.69, 9.17) is 4.74 Å². The number of hydrogen-bond donors (Lipinski definition) is 3. The second-order valence-electron chi connectivity index (χ2n) is 9.21. The molecule has 0 unspecified atom stereocenters. The van der Waals surface area contributed by atoms with Crippen LogP contribution in [0, 0.1) is 5.92 Å². The zero-order valence-electron chi connectivity index (χ0n) is 20.1. The maximum Gasteiger partial charge on any atom is 0.338 e. The third kappa shape index (κ3) is 5.70. The van der Waals surface area contributed by atoms with E-state index in [9.17, 15) is 19.2 Å². The number of piperidine rings is 1. The summed E-state index contributed by atoms with van der Waals surface area (Å²) in [6, 6.07) is 6.29. The highest BCUT2D eigenvalue weighted by Crippen LogP contribution is 2.31. The number of rotatable bonds is 7. The predicted molar refractivity (Wildman–Crippen MR) is 132 cm³/mol. The molecular weight excluding hydrogens is 450 g/mol. The Bertz CT molecular complexity index is 1160. The maximum atomic E-state index is 13.1. The number of benzene rings is 1. The van der Waals surface area contributed by atoms with Crippen molar-refractivity contribution in [1.29, 1.82) is 0 Å². The van der Waals surface area contributed by atoms with Gasteiger partial charge < -0.3 is 20.3 Å². The first-order valence-electron chi connectivity index (χ1n) is 12.1. The summed E-state index contributed by atoms with van der Waals surface area (Å²) in [5.41, 5.74) is 0.526. The molecule has 35 heavy (non-hydrogen) atoms. The Morgan fingerprint density at radius 2 is 2.00 bits per heavy atom. The Hall–Kier alpha value is -3.69. The topological polar surface area (TPSA) is 133 Å². The Morgan fingerprint density at radius 1 is 1.23 bits per heavy atom. The van der Waals surface area contributed by atoms with Crippen molar-refractivity contribution in [3.05, 3.63) is 45.7 Å². The van der Waals surface area contributed by atoms with Crippen molar-refractivity contribution >= 4 is 35.2 Å². The molecule has 2 aromatic rings. The van der Waals surface area contributed by atoms with Gasteiger partial charge in [-0.1, -0.05) is 20.3 Å². The van der Waals surface area contributed by atoms with Crippen LogP contribution in [0.5, 0.6) is 0 Å². The van der Waals surface area contributed by atoms with Gasteiger partial charge in [0, 0.05) is 25.2 Å². The van der Waals surface area contributed by atoms with E-state index in [0.717, 1.165) is 38.8 Å². The smallest absolute Gasteiger partial charge is 0.338 e. The van der Waals surface area contributed by atoms with Crippen LogP contribution >= 0.6 is 0 Å². The zero-order chi connectivity index (χ0) is 24.9. The molecule has 4 rings (SSSR count). The minimum atomic E-state index is -0.983. The van der Waals surface area contributed by atoms with E-state index < -0.39 is 23.4 Å². The number of esters is 1. The van der Waals surface area contributed by atoms with E-state index >= 15 is 0 Å². The van der Waals surface area contributed by atoms with Gasteiger partial charge >= 0.3 is 5.97 Å². The van der Waals surface area contributed by atoms with E-state index in [0.29, 0.717) is 29.7 Å². The standard InChI is InChI=1S/C25H31N5O5/c1-3-4-12-35-24(34)16-7-9-17(10-8-16)26-22(32)18-13-19(31)27-21-20(18)23(33)29-25(28-21)30-11-5-6-15(2)14-30/h7-10,15,18H,3-6,11-14H2,1-2H3,(H,26,32)(H2,27,28,29,31,33)/t15-,18-/m1/s1. The van der Waals surface area contributed by atoms with E-state index in [2.05, 4.69) is 27.5 Å². The van der Waals surface area contributed by atoms with Crippen LogP contribution in [-0.2, 0) is 14.3 Å². The molecule has 2 aliphatic rings. The SMILES string of the molecule is CCCCOC(=O)c1ccc(NC(=O)[C@@H]2CC(=O)Nc3nc(N4CCC[C@@H](C)C4)[nH]c(=O)c32)cc1. The molecule has 0 saturated carbocycles. The third-order valence-electron chi connectivity index (χ3n) is 6.33. The molecule has 2 atom stereocenters. The highest BCUT2D eigenvalue weighted by molar-refractivity contribution is 6.04. The van der Waals surface area contributed by atoms with Crippen LogP contribution in [0.1, 0.15) is 67.8 Å². The number of aromatic amines is 1. The highest BCUT2D eigenvalue weighted by atomic mass is 16.5. The van der Waals surface area contributed by atoms with Gasteiger partial charge in [0.05, 0.1) is 23.7 Å². The quantitative estimate of drug-likeness (QED) is 0.409. The molecule has 1 aromatic carbocycles. The van der Waals surface area contributed by atoms with Gasteiger partial charge in [-0.15, -0.1) is 0 Å². The molecule has 3 N–H and O–H groups in total. The lowest BCUT2D eigenvalue weighted by Gasteiger charge is -2.32. The van der Waals surface area contributed by atoms with Gasteiger partial charge in [-0.05, 0) is 49.4 Å². The number of carbonyl (C=O) groups is 3. The van der Waals surface area contributed by atoms with Crippen molar-refractivity contribution in [3.8, 4) is 0 Å². The molecule has 2 amide bonds. The molecule has 0 bridgehead atoms. The molecule has 10 heteroatoms. The highest BCUT2D eigenvalue weighted by Gasteiger charge is 2.35. The van der Waals surface area contributed by atoms with Crippen molar-refractivity contribution in [3.63, 3.8) is 0 Å². The fourth-order valence-corrected chi connectivity index (χ4v) is 4.43. The number of amides is 2. The van der Waals surface area contributed by atoms with Crippen LogP contribution in [0.3, 0.4) is 0 Å². The first kappa shape index (κ1) is 24.4. The molecule has 186 valence electrons. The Kier molecular flexibility index (Phi) is 7.48. The summed E-state index contributed by atoms with van der Waals surface area (Å²) in [5, 5.41) is 5.39. The Balaban J connectivity index is 1.50. The normalized spacial score (nSPS) is 19.5. The maximum absolute atomic E-state index is 13.1. The summed E-state index contributed by atoms with van der Waals surface area (Å²) < 4.78 is 5.19. The first-order chi connectivity index (χ1) is 16.9. The summed E-state index contributed by atoms with van der Waals surface area (Å²) >= 11 is 0. The van der Waals surface area contributed by atoms with Crippen molar-refractivity contribution < 1.29 is 19.1 Å². The third-order valence-corrected chi connectivity index (χ3v) is 6.33. The number of aromatic nitrogens is 2. The number of nitrogens with zero attached hydrogens (tertiary/aromatic N) is 2. The molecule has 1 fully saturated rings. The summed E-state index contributed by atoms with van der Waals surface area (Å²) in [5.74, 6) is -1.27. The van der Waals surface area contributed by atoms with E-state index in [-0.39, 0.29) is 23.7 Å². The van der Waals surface area contributed by atoms with Crippen LogP contribution < -0.4 is 21.1 Å². The van der Waals surface area contributed by atoms with Gasteiger partial charge in [0.25, 0.3) is 5.56 Å². The number of unbranched alkanes of at least 4 members (excludes halogenated alkanes) is 1. The minimum absolute atomic E-state index is 0.128. The summed E-state index contributed by atoms with van der Waals surface area (Å²) in [4.78, 5) is 59.8. The summed E-state index contributed by atoms with van der Waals surface area (Å²) in [6.07, 6.45) is 3.67. The molecule has 10 nitrogen and oxygen atoms in total. The lowest BCUT2D eigenvalue weighted by molar-refractivity contribution is -0.123. The minimum Gasteiger partial charge on any atom is -0.462 e. The first-order valence-corrected chi connectivity index (χ1v) is 12.1. The second-order valence-corrected chi connectivity index (χ2v) is 9.21. The van der Waals surface area contributed by atoms with Crippen LogP contribution in [-0.4, -0.2) is 47.4 Å². The van der Waals surface area contributed by atoms with Crippen molar-refractivity contribution in [2.24, 2.45) is 5.92 Å². The second kappa shape index (κ2) is 10.7. The lowest BCUT2D eigenvalue weighted by atomic mass is 9.92. The number of carbonyl (C=O) groups excluding carboxylic acids is 3. The van der Waals surface area contributed by atoms with Gasteiger partial charge in [-0.2, -0.15) is 4.98 Å². The molecule has 0 radical (unpaired) electrons. The van der Waals surface area contributed by atoms with Crippen molar-refractivity contribution in [2.75, 3.05) is 35.2 Å². The van der Waals surface area contributed by atoms with Crippen LogP contribution in [0.4, 0.5) is 17.5 Å². The van der Waals surface area contributed by atoms with Crippen LogP contribution in [0.15, 0.2) is 29.1 Å². The van der Waals surface area contributed by atoms with E-state index in [1.54, 1.807) is 24.3 Å². The van der Waals surface area contributed by atoms with Crippen LogP contribution in [0.25, 0.3) is 0 Å². The monoisotopic (exact) mass is 481 g/mol. The van der Waals surface area contributed by atoms with E-state index in [1.807, 2.05) is 11.8 Å². The number of hydrogen-bond acceptors (Lipinski definition) is 7. The van der Waals surface area contributed by atoms with Gasteiger partial charge in [0.2, 0.25) is 17.8 Å². The molecular formula is C25H31N5O5. The number of nitrogens with one attached hydrogen (secondary N) is 3. The molecule has 1 aromatic heterocycles. The molecule has 3 heterocycles. The average Bonchev–Trinajstić information content (AvgIpc) is 2.83. The number of fused-ring (bicyclic) bond motifs is 1. The molecule has 0 aliphatic carbocycles. The number of anilines is 3. The zero-order valence-corrected chi connectivity index (χ0v) is 20.1. The van der Waals surface area contributed by atoms with Gasteiger partial charge in [-0.25, -0.2) is 4.79 Å².